The van der Waals surface area contributed by atoms with Crippen LogP contribution in [-0.2, 0) is 4.79 Å². The highest BCUT2D eigenvalue weighted by atomic mass is 32.2. The average Bonchev–Trinajstić information content (AvgIpc) is 2.80. The van der Waals surface area contributed by atoms with Gasteiger partial charge >= 0.3 is 0 Å². The number of amides is 1. The number of carbonyl (C=O) groups is 1. The fourth-order valence-electron chi connectivity index (χ4n) is 5.25. The molecule has 2 aromatic carbocycles. The topological polar surface area (TPSA) is 23.6 Å². The molecular weight excluding hydrogens is 408 g/mol. The minimum Gasteiger partial charge on any atom is -0.300 e. The molecule has 30 heavy (non-hydrogen) atoms. The van der Waals surface area contributed by atoms with Gasteiger partial charge in [-0.2, -0.15) is 11.8 Å². The summed E-state index contributed by atoms with van der Waals surface area (Å²) in [6.45, 7) is 2.60. The van der Waals surface area contributed by atoms with Crippen molar-refractivity contribution in [1.82, 2.24) is 4.90 Å². The first-order chi connectivity index (χ1) is 14.8. The summed E-state index contributed by atoms with van der Waals surface area (Å²) in [7, 11) is 0. The Labute approximate surface area is 188 Å². The summed E-state index contributed by atoms with van der Waals surface area (Å²) in [6, 6.07) is 17.3. The summed E-state index contributed by atoms with van der Waals surface area (Å²) in [5, 5.41) is 0. The third-order valence-corrected chi connectivity index (χ3v) is 8.99. The summed E-state index contributed by atoms with van der Waals surface area (Å²) in [6.07, 6.45) is 7.46. The summed E-state index contributed by atoms with van der Waals surface area (Å²) >= 11 is 3.75. The number of anilines is 2. The lowest BCUT2D eigenvalue weighted by atomic mass is 9.85. The van der Waals surface area contributed by atoms with Crippen LogP contribution in [0.2, 0.25) is 0 Å². The van der Waals surface area contributed by atoms with Gasteiger partial charge in [-0.1, -0.05) is 42.4 Å². The smallest absolute Gasteiger partial charge is 0.232 e. The van der Waals surface area contributed by atoms with E-state index in [9.17, 15) is 4.79 Å². The maximum absolute atomic E-state index is 13.3. The van der Waals surface area contributed by atoms with Crippen molar-refractivity contribution in [3.05, 3.63) is 48.5 Å². The Morgan fingerprint density at radius 1 is 0.933 bits per heavy atom. The summed E-state index contributed by atoms with van der Waals surface area (Å²) in [5.41, 5.74) is 2.06. The first-order valence-electron chi connectivity index (χ1n) is 11.3. The molecule has 158 valence electrons. The molecule has 0 unspecified atom stereocenters. The second kappa shape index (κ2) is 9.37. The Morgan fingerprint density at radius 2 is 1.63 bits per heavy atom. The van der Waals surface area contributed by atoms with E-state index < -0.39 is 0 Å². The van der Waals surface area contributed by atoms with Gasteiger partial charge in [0, 0.05) is 28.0 Å². The Kier molecular flexibility index (Phi) is 6.40. The van der Waals surface area contributed by atoms with Gasteiger partial charge in [-0.25, -0.2) is 0 Å². The highest BCUT2D eigenvalue weighted by Crippen LogP contribution is 2.48. The standard InChI is InChI=1S/C25H30N2OS2/c28-25(14-17-29-18-19-8-7-16-26-15-6-5-9-20(19)26)27-21-10-1-3-12-23(21)30-24-13-4-2-11-22(24)27/h1-4,10-13,19-20H,5-9,14-18H2/t19-,20+/m0/s1. The Morgan fingerprint density at radius 3 is 2.40 bits per heavy atom. The molecular formula is C25H30N2OS2. The van der Waals surface area contributed by atoms with Gasteiger partial charge in [0.1, 0.15) is 0 Å². The van der Waals surface area contributed by atoms with Gasteiger partial charge in [0.25, 0.3) is 0 Å². The van der Waals surface area contributed by atoms with Gasteiger partial charge in [0.05, 0.1) is 11.4 Å². The molecule has 2 fully saturated rings. The Hall–Kier alpha value is -1.43. The van der Waals surface area contributed by atoms with Crippen LogP contribution in [0.5, 0.6) is 0 Å². The lowest BCUT2D eigenvalue weighted by molar-refractivity contribution is -0.117. The van der Waals surface area contributed by atoms with Gasteiger partial charge < -0.3 is 4.90 Å². The Balaban J connectivity index is 1.21. The van der Waals surface area contributed by atoms with Crippen LogP contribution in [-0.4, -0.2) is 41.4 Å². The van der Waals surface area contributed by atoms with Gasteiger partial charge in [-0.3, -0.25) is 9.69 Å². The third kappa shape index (κ3) is 4.17. The molecule has 0 bridgehead atoms. The zero-order chi connectivity index (χ0) is 20.3. The van der Waals surface area contributed by atoms with Crippen molar-refractivity contribution >= 4 is 40.8 Å². The number of thioether (sulfide) groups is 1. The Bertz CT molecular complexity index is 855. The van der Waals surface area contributed by atoms with Crippen LogP contribution in [0.25, 0.3) is 0 Å². The fraction of sp³-hybridized carbons (Fsp3) is 0.480. The molecule has 3 heterocycles. The normalized spacial score (nSPS) is 23.4. The second-order valence-corrected chi connectivity index (χ2v) is 10.8. The summed E-state index contributed by atoms with van der Waals surface area (Å²) in [4.78, 5) is 20.3. The molecule has 3 aliphatic heterocycles. The average molecular weight is 439 g/mol. The van der Waals surface area contributed by atoms with Crippen LogP contribution in [0.1, 0.15) is 38.5 Å². The molecule has 0 radical (unpaired) electrons. The number of hydrogen-bond acceptors (Lipinski definition) is 4. The highest BCUT2D eigenvalue weighted by Gasteiger charge is 2.33. The van der Waals surface area contributed by atoms with Crippen LogP contribution >= 0.6 is 23.5 Å². The van der Waals surface area contributed by atoms with Crippen LogP contribution in [0.15, 0.2) is 58.3 Å². The fourth-order valence-corrected chi connectivity index (χ4v) is 7.49. The number of hydrogen-bond donors (Lipinski definition) is 0. The maximum atomic E-state index is 13.3. The number of para-hydroxylation sites is 2. The van der Waals surface area contributed by atoms with Crippen molar-refractivity contribution < 1.29 is 4.79 Å². The molecule has 5 heteroatoms. The summed E-state index contributed by atoms with van der Waals surface area (Å²) in [5.74, 6) is 3.14. The lowest BCUT2D eigenvalue weighted by Gasteiger charge is -2.44. The number of benzene rings is 2. The highest BCUT2D eigenvalue weighted by molar-refractivity contribution is 7.99. The van der Waals surface area contributed by atoms with Crippen molar-refractivity contribution in [2.75, 3.05) is 29.5 Å². The van der Waals surface area contributed by atoms with Crippen molar-refractivity contribution in [2.24, 2.45) is 5.92 Å². The van der Waals surface area contributed by atoms with Crippen molar-refractivity contribution in [3.63, 3.8) is 0 Å². The van der Waals surface area contributed by atoms with Gasteiger partial charge in [0.2, 0.25) is 5.91 Å². The molecule has 0 spiro atoms. The van der Waals surface area contributed by atoms with E-state index in [2.05, 4.69) is 41.3 Å². The van der Waals surface area contributed by atoms with E-state index in [1.54, 1.807) is 11.8 Å². The van der Waals surface area contributed by atoms with Crippen LogP contribution in [0, 0.1) is 5.92 Å². The molecule has 2 saturated heterocycles. The van der Waals surface area contributed by atoms with E-state index in [1.807, 2.05) is 28.8 Å². The van der Waals surface area contributed by atoms with E-state index in [0.29, 0.717) is 6.42 Å². The van der Waals surface area contributed by atoms with Crippen LogP contribution < -0.4 is 4.90 Å². The molecule has 0 aromatic heterocycles. The molecule has 0 saturated carbocycles. The van der Waals surface area contributed by atoms with Crippen molar-refractivity contribution in [2.45, 2.75) is 54.4 Å². The quantitative estimate of drug-likeness (QED) is 0.518. The number of nitrogens with zero attached hydrogens (tertiary/aromatic N) is 2. The van der Waals surface area contributed by atoms with Gasteiger partial charge in [0.15, 0.2) is 0 Å². The second-order valence-electron chi connectivity index (χ2n) is 8.59. The van der Waals surface area contributed by atoms with Gasteiger partial charge in [-0.05, 0) is 74.7 Å². The monoisotopic (exact) mass is 438 g/mol. The SMILES string of the molecule is O=C(CCSC[C@@H]1CCCN2CCCC[C@H]12)N1c2ccccc2Sc2ccccc21. The molecule has 3 aliphatic rings. The number of rotatable bonds is 5. The van der Waals surface area contributed by atoms with Crippen molar-refractivity contribution in [3.8, 4) is 0 Å². The minimum absolute atomic E-state index is 0.214. The van der Waals surface area contributed by atoms with Crippen LogP contribution in [0.4, 0.5) is 11.4 Å². The number of carbonyl (C=O) groups excluding carboxylic acids is 1. The van der Waals surface area contributed by atoms with Crippen molar-refractivity contribution in [1.29, 1.82) is 0 Å². The minimum atomic E-state index is 0.214. The molecule has 1 amide bonds. The van der Waals surface area contributed by atoms with E-state index in [1.165, 1.54) is 50.9 Å². The molecule has 0 aliphatic carbocycles. The van der Waals surface area contributed by atoms with E-state index >= 15 is 0 Å². The summed E-state index contributed by atoms with van der Waals surface area (Å²) < 4.78 is 0. The van der Waals surface area contributed by atoms with E-state index in [-0.39, 0.29) is 5.91 Å². The van der Waals surface area contributed by atoms with E-state index in [0.717, 1.165) is 38.9 Å². The molecule has 5 rings (SSSR count). The maximum Gasteiger partial charge on any atom is 0.232 e. The number of fused-ring (bicyclic) bond motifs is 3. The third-order valence-electron chi connectivity index (χ3n) is 6.70. The first kappa shape index (κ1) is 20.5. The number of piperidine rings is 2. The molecule has 2 atom stereocenters. The van der Waals surface area contributed by atoms with E-state index in [4.69, 9.17) is 0 Å². The predicted molar refractivity (Wildman–Crippen MR) is 128 cm³/mol. The molecule has 0 N–H and O–H groups in total. The predicted octanol–water partition coefficient (Wildman–Crippen LogP) is 6.20. The van der Waals surface area contributed by atoms with Crippen LogP contribution in [0.3, 0.4) is 0 Å². The first-order valence-corrected chi connectivity index (χ1v) is 13.3. The molecule has 2 aromatic rings. The largest absolute Gasteiger partial charge is 0.300 e. The molecule has 3 nitrogen and oxygen atoms in total. The zero-order valence-corrected chi connectivity index (χ0v) is 19.1. The lowest BCUT2D eigenvalue weighted by Crippen LogP contribution is -2.48. The zero-order valence-electron chi connectivity index (χ0n) is 17.5. The van der Waals surface area contributed by atoms with Gasteiger partial charge in [-0.15, -0.1) is 0 Å².